The van der Waals surface area contributed by atoms with E-state index in [1.54, 1.807) is 29.2 Å². The van der Waals surface area contributed by atoms with Crippen LogP contribution in [0.2, 0.25) is 5.02 Å². The van der Waals surface area contributed by atoms with Gasteiger partial charge < -0.3 is 4.90 Å². The van der Waals surface area contributed by atoms with E-state index in [1.807, 2.05) is 33.2 Å². The lowest BCUT2D eigenvalue weighted by Gasteiger charge is -2.22. The van der Waals surface area contributed by atoms with Crippen molar-refractivity contribution in [1.82, 2.24) is 9.88 Å². The van der Waals surface area contributed by atoms with Crippen LogP contribution in [-0.2, 0) is 9.59 Å². The van der Waals surface area contributed by atoms with Gasteiger partial charge in [0.1, 0.15) is 0 Å². The van der Waals surface area contributed by atoms with Crippen molar-refractivity contribution in [2.75, 3.05) is 37.0 Å². The molecule has 0 atom stereocenters. The van der Waals surface area contributed by atoms with Gasteiger partial charge in [0, 0.05) is 30.0 Å². The van der Waals surface area contributed by atoms with Crippen molar-refractivity contribution >= 4 is 74.1 Å². The normalized spacial score (nSPS) is 13.6. The molecule has 1 aromatic heterocycles. The van der Waals surface area contributed by atoms with Crippen LogP contribution in [0.15, 0.2) is 36.4 Å². The fraction of sp³-hybridized carbons (Fsp3) is 0.333. The molecule has 0 bridgehead atoms. The second-order valence-electron chi connectivity index (χ2n) is 8.35. The van der Waals surface area contributed by atoms with Gasteiger partial charge in [0.15, 0.2) is 5.13 Å². The Morgan fingerprint density at radius 1 is 1.12 bits per heavy atom. The van der Waals surface area contributed by atoms with E-state index in [1.165, 1.54) is 11.3 Å². The van der Waals surface area contributed by atoms with Crippen LogP contribution < -0.4 is 9.80 Å². The number of carbonyl (C=O) groups excluding carboxylic acids is 3. The van der Waals surface area contributed by atoms with Gasteiger partial charge in [-0.25, -0.2) is 4.98 Å². The summed E-state index contributed by atoms with van der Waals surface area (Å²) in [6, 6.07) is 10.4. The van der Waals surface area contributed by atoms with Gasteiger partial charge in [0.25, 0.3) is 5.91 Å². The minimum Gasteiger partial charge on any atom is -0.309 e. The smallest absolute Gasteiger partial charge is 0.260 e. The Bertz CT molecular complexity index is 1230. The maximum Gasteiger partial charge on any atom is 0.260 e. The topological polar surface area (TPSA) is 73.8 Å². The maximum absolute atomic E-state index is 13.6. The molecule has 7 nitrogen and oxygen atoms in total. The van der Waals surface area contributed by atoms with E-state index in [0.29, 0.717) is 27.9 Å². The molecule has 1 aliphatic heterocycles. The molecule has 1 saturated heterocycles. The number of aryl methyl sites for hydroxylation is 1. The number of aromatic nitrogens is 1. The predicted octanol–water partition coefficient (Wildman–Crippen LogP) is 4.93. The van der Waals surface area contributed by atoms with Crippen molar-refractivity contribution in [2.45, 2.75) is 26.2 Å². The Balaban J connectivity index is 0.00000324. The van der Waals surface area contributed by atoms with E-state index in [0.717, 1.165) is 33.6 Å². The number of nitrogens with zero attached hydrogens (tertiary/aromatic N) is 4. The number of imide groups is 1. The van der Waals surface area contributed by atoms with Gasteiger partial charge in [-0.15, -0.1) is 12.4 Å². The Morgan fingerprint density at radius 2 is 1.82 bits per heavy atom. The first-order chi connectivity index (χ1) is 15.7. The Labute approximate surface area is 213 Å². The van der Waals surface area contributed by atoms with E-state index in [9.17, 15) is 14.4 Å². The Hall–Kier alpha value is -2.52. The number of carbonyl (C=O) groups is 3. The first kappa shape index (κ1) is 26.1. The summed E-state index contributed by atoms with van der Waals surface area (Å²) in [7, 11) is 3.98. The van der Waals surface area contributed by atoms with Crippen molar-refractivity contribution in [3.05, 3.63) is 52.5 Å². The molecule has 10 heteroatoms. The van der Waals surface area contributed by atoms with Gasteiger partial charge in [0.05, 0.1) is 15.9 Å². The highest BCUT2D eigenvalue weighted by molar-refractivity contribution is 7.22. The first-order valence-electron chi connectivity index (χ1n) is 10.7. The molecule has 2 aromatic carbocycles. The van der Waals surface area contributed by atoms with Crippen LogP contribution in [0.1, 0.15) is 35.2 Å². The SMILES string of the molecule is Cc1cc(Cl)cc2sc(N(CCCN(C)C)C(=O)c3cccc(N4C(=O)CCC4=O)c3)nc12.Cl. The number of benzene rings is 2. The van der Waals surface area contributed by atoms with Crippen LogP contribution >= 0.6 is 35.3 Å². The largest absolute Gasteiger partial charge is 0.309 e. The van der Waals surface area contributed by atoms with Gasteiger partial charge in [-0.1, -0.05) is 29.0 Å². The summed E-state index contributed by atoms with van der Waals surface area (Å²) in [5.41, 5.74) is 2.60. The zero-order valence-electron chi connectivity index (χ0n) is 19.2. The second kappa shape index (κ2) is 10.8. The summed E-state index contributed by atoms with van der Waals surface area (Å²) < 4.78 is 0.919. The minimum atomic E-state index is -0.244. The van der Waals surface area contributed by atoms with Crippen LogP contribution in [-0.4, -0.2) is 54.8 Å². The van der Waals surface area contributed by atoms with Crippen LogP contribution in [0.3, 0.4) is 0 Å². The molecule has 0 aliphatic carbocycles. The molecule has 0 radical (unpaired) electrons. The number of hydrogen-bond donors (Lipinski definition) is 0. The number of hydrogen-bond acceptors (Lipinski definition) is 6. The molecule has 0 unspecified atom stereocenters. The molecule has 2 heterocycles. The molecule has 3 amide bonds. The maximum atomic E-state index is 13.6. The van der Waals surface area contributed by atoms with E-state index >= 15 is 0 Å². The molecule has 3 aromatic rings. The summed E-state index contributed by atoms with van der Waals surface area (Å²) >= 11 is 7.65. The quantitative estimate of drug-likeness (QED) is 0.412. The number of thiazole rings is 1. The molecule has 4 rings (SSSR count). The van der Waals surface area contributed by atoms with Crippen LogP contribution in [0, 0.1) is 6.92 Å². The second-order valence-corrected chi connectivity index (χ2v) is 9.80. The van der Waals surface area contributed by atoms with Gasteiger partial charge in [0.2, 0.25) is 11.8 Å². The van der Waals surface area contributed by atoms with Gasteiger partial charge in [-0.3, -0.25) is 24.2 Å². The molecule has 1 fully saturated rings. The third kappa shape index (κ3) is 5.41. The average Bonchev–Trinajstić information content (AvgIpc) is 3.33. The number of halogens is 2. The van der Waals surface area contributed by atoms with Crippen molar-refractivity contribution in [3.8, 4) is 0 Å². The van der Waals surface area contributed by atoms with E-state index in [4.69, 9.17) is 16.6 Å². The third-order valence-corrected chi connectivity index (χ3v) is 6.75. The van der Waals surface area contributed by atoms with E-state index in [-0.39, 0.29) is 43.0 Å². The van der Waals surface area contributed by atoms with Crippen LogP contribution in [0.5, 0.6) is 0 Å². The van der Waals surface area contributed by atoms with Crippen LogP contribution in [0.4, 0.5) is 10.8 Å². The summed E-state index contributed by atoms with van der Waals surface area (Å²) in [5, 5.41) is 1.23. The highest BCUT2D eigenvalue weighted by Gasteiger charge is 2.31. The summed E-state index contributed by atoms with van der Waals surface area (Å²) in [4.78, 5) is 47.6. The lowest BCUT2D eigenvalue weighted by molar-refractivity contribution is -0.121. The zero-order chi connectivity index (χ0) is 23.7. The fourth-order valence-electron chi connectivity index (χ4n) is 3.89. The Morgan fingerprint density at radius 3 is 2.50 bits per heavy atom. The fourth-order valence-corrected chi connectivity index (χ4v) is 5.33. The first-order valence-corrected chi connectivity index (χ1v) is 11.9. The number of fused-ring (bicyclic) bond motifs is 1. The van der Waals surface area contributed by atoms with E-state index in [2.05, 4.69) is 4.90 Å². The molecule has 34 heavy (non-hydrogen) atoms. The zero-order valence-corrected chi connectivity index (χ0v) is 21.6. The monoisotopic (exact) mass is 520 g/mol. The molecule has 0 N–H and O–H groups in total. The lowest BCUT2D eigenvalue weighted by atomic mass is 10.1. The number of rotatable bonds is 7. The van der Waals surface area contributed by atoms with Gasteiger partial charge >= 0.3 is 0 Å². The van der Waals surface area contributed by atoms with Crippen molar-refractivity contribution in [3.63, 3.8) is 0 Å². The number of amides is 3. The third-order valence-electron chi connectivity index (χ3n) is 5.50. The standard InChI is InChI=1S/C24H25ClN4O3S.ClH/c1-15-12-17(25)14-19-22(15)26-24(33-19)28(11-5-10-27(2)3)23(32)16-6-4-7-18(13-16)29-20(30)8-9-21(29)31;/h4,6-7,12-14H,5,8-11H2,1-3H3;1H. The molecule has 0 saturated carbocycles. The van der Waals surface area contributed by atoms with Gasteiger partial charge in [-0.05, 0) is 69.9 Å². The highest BCUT2D eigenvalue weighted by Crippen LogP contribution is 2.34. The van der Waals surface area contributed by atoms with Crippen molar-refractivity contribution < 1.29 is 14.4 Å². The molecular weight excluding hydrogens is 495 g/mol. The Kier molecular flexibility index (Phi) is 8.30. The van der Waals surface area contributed by atoms with Gasteiger partial charge in [-0.2, -0.15) is 0 Å². The molecule has 0 spiro atoms. The van der Waals surface area contributed by atoms with Crippen LogP contribution in [0.25, 0.3) is 10.2 Å². The highest BCUT2D eigenvalue weighted by atomic mass is 35.5. The molecule has 1 aliphatic rings. The molecule has 180 valence electrons. The van der Waals surface area contributed by atoms with E-state index < -0.39 is 0 Å². The lowest BCUT2D eigenvalue weighted by Crippen LogP contribution is -2.34. The predicted molar refractivity (Wildman–Crippen MR) is 140 cm³/mol. The average molecular weight is 521 g/mol. The summed E-state index contributed by atoms with van der Waals surface area (Å²) in [5.74, 6) is -0.713. The number of anilines is 2. The van der Waals surface area contributed by atoms with Crippen molar-refractivity contribution in [1.29, 1.82) is 0 Å². The van der Waals surface area contributed by atoms with Crippen molar-refractivity contribution in [2.24, 2.45) is 0 Å². The summed E-state index contributed by atoms with van der Waals surface area (Å²) in [6.07, 6.45) is 1.15. The minimum absolute atomic E-state index is 0. The summed E-state index contributed by atoms with van der Waals surface area (Å²) in [6.45, 7) is 3.25. The molecular formula is C24H26Cl2N4O3S.